The molecule has 0 bridgehead atoms. The van der Waals surface area contributed by atoms with Crippen molar-refractivity contribution in [2.45, 2.75) is 19.0 Å². The van der Waals surface area contributed by atoms with Crippen LogP contribution in [-0.2, 0) is 17.8 Å². The zero-order chi connectivity index (χ0) is 19.3. The molecule has 0 amide bonds. The average molecular weight is 371 g/mol. The number of nitrogens with zero attached hydrogens (tertiary/aromatic N) is 2. The van der Waals surface area contributed by atoms with Crippen molar-refractivity contribution in [1.82, 2.24) is 14.9 Å². The SMILES string of the molecule is O=C(O)C(Cc1ccccc1)NCc1ccc(-n2cnc3ccccc32)cc1. The summed E-state index contributed by atoms with van der Waals surface area (Å²) in [5.41, 5.74) is 5.08. The van der Waals surface area contributed by atoms with Crippen molar-refractivity contribution in [3.8, 4) is 5.69 Å². The molecule has 3 aromatic carbocycles. The van der Waals surface area contributed by atoms with Crippen LogP contribution >= 0.6 is 0 Å². The van der Waals surface area contributed by atoms with Gasteiger partial charge in [0.05, 0.1) is 11.0 Å². The number of nitrogens with one attached hydrogen (secondary N) is 1. The molecule has 0 aliphatic carbocycles. The average Bonchev–Trinajstić information content (AvgIpc) is 3.16. The second-order valence-corrected chi connectivity index (χ2v) is 6.73. The second kappa shape index (κ2) is 8.06. The summed E-state index contributed by atoms with van der Waals surface area (Å²) in [7, 11) is 0. The van der Waals surface area contributed by atoms with Gasteiger partial charge in [-0.3, -0.25) is 9.36 Å². The maximum atomic E-state index is 11.6. The van der Waals surface area contributed by atoms with Crippen LogP contribution in [0.2, 0.25) is 0 Å². The normalized spacial score (nSPS) is 12.1. The number of aromatic nitrogens is 2. The van der Waals surface area contributed by atoms with Crippen LogP contribution in [0.5, 0.6) is 0 Å². The fraction of sp³-hybridized carbons (Fsp3) is 0.130. The molecular weight excluding hydrogens is 350 g/mol. The van der Waals surface area contributed by atoms with E-state index in [4.69, 9.17) is 0 Å². The van der Waals surface area contributed by atoms with Crippen molar-refractivity contribution in [3.05, 3.63) is 96.3 Å². The number of carboxylic acid groups (broad SMARTS) is 1. The molecule has 140 valence electrons. The Bertz CT molecular complexity index is 1070. The summed E-state index contributed by atoms with van der Waals surface area (Å²) in [4.78, 5) is 16.0. The monoisotopic (exact) mass is 371 g/mol. The van der Waals surface area contributed by atoms with Gasteiger partial charge < -0.3 is 10.4 Å². The third-order valence-electron chi connectivity index (χ3n) is 4.80. The van der Waals surface area contributed by atoms with Crippen LogP contribution in [0.1, 0.15) is 11.1 Å². The zero-order valence-corrected chi connectivity index (χ0v) is 15.3. The first-order valence-corrected chi connectivity index (χ1v) is 9.22. The summed E-state index contributed by atoms with van der Waals surface area (Å²) >= 11 is 0. The maximum absolute atomic E-state index is 11.6. The van der Waals surface area contributed by atoms with E-state index in [0.717, 1.165) is 27.8 Å². The van der Waals surface area contributed by atoms with E-state index in [2.05, 4.69) is 10.3 Å². The molecule has 0 saturated carbocycles. The van der Waals surface area contributed by atoms with Gasteiger partial charge in [0.25, 0.3) is 0 Å². The van der Waals surface area contributed by atoms with E-state index in [9.17, 15) is 9.90 Å². The molecule has 1 heterocycles. The van der Waals surface area contributed by atoms with Gasteiger partial charge in [-0.1, -0.05) is 54.6 Å². The lowest BCUT2D eigenvalue weighted by Crippen LogP contribution is -2.38. The highest BCUT2D eigenvalue weighted by Crippen LogP contribution is 2.18. The van der Waals surface area contributed by atoms with E-state index in [1.807, 2.05) is 89.8 Å². The third kappa shape index (κ3) is 3.94. The number of carboxylic acids is 1. The highest BCUT2D eigenvalue weighted by molar-refractivity contribution is 5.77. The number of fused-ring (bicyclic) bond motifs is 1. The lowest BCUT2D eigenvalue weighted by Gasteiger charge is -2.15. The lowest BCUT2D eigenvalue weighted by molar-refractivity contribution is -0.139. The Labute approximate surface area is 163 Å². The molecule has 0 aliphatic heterocycles. The Balaban J connectivity index is 1.44. The Kier molecular flexibility index (Phi) is 5.17. The van der Waals surface area contributed by atoms with Gasteiger partial charge >= 0.3 is 5.97 Å². The first-order chi connectivity index (χ1) is 13.7. The molecular formula is C23H21N3O2. The number of aliphatic carboxylic acids is 1. The highest BCUT2D eigenvalue weighted by Gasteiger charge is 2.17. The van der Waals surface area contributed by atoms with Crippen molar-refractivity contribution in [2.75, 3.05) is 0 Å². The highest BCUT2D eigenvalue weighted by atomic mass is 16.4. The van der Waals surface area contributed by atoms with E-state index in [0.29, 0.717) is 13.0 Å². The van der Waals surface area contributed by atoms with Crippen molar-refractivity contribution in [2.24, 2.45) is 0 Å². The summed E-state index contributed by atoms with van der Waals surface area (Å²) in [6.07, 6.45) is 2.27. The Morgan fingerprint density at radius 1 is 0.929 bits per heavy atom. The molecule has 0 radical (unpaired) electrons. The summed E-state index contributed by atoms with van der Waals surface area (Å²) in [5.74, 6) is -0.842. The molecule has 1 unspecified atom stereocenters. The number of hydrogen-bond acceptors (Lipinski definition) is 3. The summed E-state index contributed by atoms with van der Waals surface area (Å²) < 4.78 is 2.04. The fourth-order valence-electron chi connectivity index (χ4n) is 3.28. The summed E-state index contributed by atoms with van der Waals surface area (Å²) in [5, 5.41) is 12.7. The lowest BCUT2D eigenvalue weighted by atomic mass is 10.1. The van der Waals surface area contributed by atoms with Crippen molar-refractivity contribution in [1.29, 1.82) is 0 Å². The molecule has 1 atom stereocenters. The zero-order valence-electron chi connectivity index (χ0n) is 15.3. The van der Waals surface area contributed by atoms with Crippen LogP contribution in [0.15, 0.2) is 85.2 Å². The van der Waals surface area contributed by atoms with Gasteiger partial charge in [0, 0.05) is 12.2 Å². The van der Waals surface area contributed by atoms with Crippen LogP contribution in [0.3, 0.4) is 0 Å². The van der Waals surface area contributed by atoms with Crippen molar-refractivity contribution >= 4 is 17.0 Å². The molecule has 1 aromatic heterocycles. The van der Waals surface area contributed by atoms with Crippen LogP contribution in [0, 0.1) is 0 Å². The van der Waals surface area contributed by atoms with Gasteiger partial charge in [-0.25, -0.2) is 4.98 Å². The number of imidazole rings is 1. The smallest absolute Gasteiger partial charge is 0.321 e. The Morgan fingerprint density at radius 2 is 1.64 bits per heavy atom. The van der Waals surface area contributed by atoms with Gasteiger partial charge in [0.2, 0.25) is 0 Å². The molecule has 4 aromatic rings. The fourth-order valence-corrected chi connectivity index (χ4v) is 3.28. The van der Waals surface area contributed by atoms with Crippen LogP contribution in [0.25, 0.3) is 16.7 Å². The molecule has 2 N–H and O–H groups in total. The van der Waals surface area contributed by atoms with Gasteiger partial charge in [0.1, 0.15) is 12.4 Å². The van der Waals surface area contributed by atoms with Gasteiger partial charge in [-0.05, 0) is 41.8 Å². The van der Waals surface area contributed by atoms with Crippen molar-refractivity contribution in [3.63, 3.8) is 0 Å². The minimum atomic E-state index is -0.842. The van der Waals surface area contributed by atoms with Crippen LogP contribution in [-0.4, -0.2) is 26.7 Å². The first kappa shape index (κ1) is 17.9. The van der Waals surface area contributed by atoms with E-state index in [-0.39, 0.29) is 0 Å². The molecule has 5 nitrogen and oxygen atoms in total. The first-order valence-electron chi connectivity index (χ1n) is 9.22. The second-order valence-electron chi connectivity index (χ2n) is 6.73. The third-order valence-corrected chi connectivity index (χ3v) is 4.80. The van der Waals surface area contributed by atoms with Gasteiger partial charge in [-0.15, -0.1) is 0 Å². The number of carbonyl (C=O) groups is 1. The Morgan fingerprint density at radius 3 is 2.39 bits per heavy atom. The molecule has 0 aliphatic rings. The molecule has 0 spiro atoms. The maximum Gasteiger partial charge on any atom is 0.321 e. The molecule has 28 heavy (non-hydrogen) atoms. The summed E-state index contributed by atoms with van der Waals surface area (Å²) in [6.45, 7) is 0.495. The number of para-hydroxylation sites is 2. The minimum absolute atomic E-state index is 0.454. The van der Waals surface area contributed by atoms with Crippen LogP contribution < -0.4 is 5.32 Å². The minimum Gasteiger partial charge on any atom is -0.480 e. The van der Waals surface area contributed by atoms with Gasteiger partial charge in [0.15, 0.2) is 0 Å². The topological polar surface area (TPSA) is 67.2 Å². The van der Waals surface area contributed by atoms with E-state index in [1.165, 1.54) is 0 Å². The van der Waals surface area contributed by atoms with Crippen LogP contribution in [0.4, 0.5) is 0 Å². The van der Waals surface area contributed by atoms with E-state index >= 15 is 0 Å². The van der Waals surface area contributed by atoms with Crippen molar-refractivity contribution < 1.29 is 9.90 Å². The summed E-state index contributed by atoms with van der Waals surface area (Å²) in [6, 6.07) is 25.1. The standard InChI is InChI=1S/C23H21N3O2/c27-23(28)21(14-17-6-2-1-3-7-17)24-15-18-10-12-19(13-11-18)26-16-25-20-8-4-5-9-22(20)26/h1-13,16,21,24H,14-15H2,(H,27,28). The molecule has 5 heteroatoms. The molecule has 0 saturated heterocycles. The van der Waals surface area contributed by atoms with E-state index in [1.54, 1.807) is 0 Å². The largest absolute Gasteiger partial charge is 0.480 e. The van der Waals surface area contributed by atoms with E-state index < -0.39 is 12.0 Å². The number of hydrogen-bond donors (Lipinski definition) is 2. The predicted molar refractivity (Wildman–Crippen MR) is 109 cm³/mol. The molecule has 0 fully saturated rings. The quantitative estimate of drug-likeness (QED) is 0.518. The predicted octanol–water partition coefficient (Wildman–Crippen LogP) is 3.81. The number of rotatable bonds is 7. The van der Waals surface area contributed by atoms with Gasteiger partial charge in [-0.2, -0.15) is 0 Å². The number of benzene rings is 3. The Hall–Kier alpha value is -3.44. The molecule has 4 rings (SSSR count).